The van der Waals surface area contributed by atoms with E-state index in [1.54, 1.807) is 23.5 Å². The van der Waals surface area contributed by atoms with E-state index in [0.717, 1.165) is 24.0 Å². The highest BCUT2D eigenvalue weighted by atomic mass is 16.2. The highest BCUT2D eigenvalue weighted by molar-refractivity contribution is 5.74. The minimum Gasteiger partial charge on any atom is -0.335 e. The van der Waals surface area contributed by atoms with E-state index in [4.69, 9.17) is 0 Å². The normalized spacial score (nSPS) is 25.4. The zero-order valence-corrected chi connectivity index (χ0v) is 12.7. The van der Waals surface area contributed by atoms with E-state index >= 15 is 0 Å². The van der Waals surface area contributed by atoms with Gasteiger partial charge in [0.15, 0.2) is 0 Å². The number of carbonyl (C=O) groups excluding carboxylic acids is 1. The molecule has 5 heteroatoms. The average molecular weight is 288 g/mol. The van der Waals surface area contributed by atoms with Gasteiger partial charge in [-0.15, -0.1) is 0 Å². The third-order valence-corrected chi connectivity index (χ3v) is 4.77. The van der Waals surface area contributed by atoms with Gasteiger partial charge in [-0.2, -0.15) is 0 Å². The Morgan fingerprint density at radius 1 is 1.33 bits per heavy atom. The summed E-state index contributed by atoms with van der Waals surface area (Å²) in [7, 11) is 1.81. The number of nitrogens with zero attached hydrogens (tertiary/aromatic N) is 3. The van der Waals surface area contributed by atoms with E-state index < -0.39 is 0 Å². The van der Waals surface area contributed by atoms with Gasteiger partial charge in [0.25, 0.3) is 0 Å². The molecule has 1 aromatic rings. The Kier molecular flexibility index (Phi) is 4.36. The van der Waals surface area contributed by atoms with Crippen LogP contribution in [0.5, 0.6) is 0 Å². The van der Waals surface area contributed by atoms with Crippen molar-refractivity contribution in [2.75, 3.05) is 7.05 Å². The third kappa shape index (κ3) is 3.71. The molecule has 2 atom stereocenters. The number of amides is 2. The van der Waals surface area contributed by atoms with Gasteiger partial charge in [-0.1, -0.05) is 32.1 Å². The lowest BCUT2D eigenvalue weighted by Gasteiger charge is -2.22. The van der Waals surface area contributed by atoms with Crippen molar-refractivity contribution in [3.63, 3.8) is 0 Å². The first-order valence-corrected chi connectivity index (χ1v) is 8.00. The van der Waals surface area contributed by atoms with E-state index in [0.29, 0.717) is 12.6 Å². The highest BCUT2D eigenvalue weighted by Crippen LogP contribution is 2.44. The van der Waals surface area contributed by atoms with Gasteiger partial charge >= 0.3 is 6.03 Å². The molecular formula is C16H24N4O. The van der Waals surface area contributed by atoms with Crippen LogP contribution < -0.4 is 5.32 Å². The first kappa shape index (κ1) is 14.3. The van der Waals surface area contributed by atoms with Crippen LogP contribution in [0.2, 0.25) is 0 Å². The van der Waals surface area contributed by atoms with Crippen molar-refractivity contribution in [1.82, 2.24) is 20.2 Å². The summed E-state index contributed by atoms with van der Waals surface area (Å²) < 4.78 is 0. The van der Waals surface area contributed by atoms with E-state index in [1.807, 2.05) is 7.05 Å². The molecule has 2 fully saturated rings. The van der Waals surface area contributed by atoms with Gasteiger partial charge in [-0.3, -0.25) is 9.97 Å². The summed E-state index contributed by atoms with van der Waals surface area (Å²) in [6.45, 7) is 0.500. The molecule has 21 heavy (non-hydrogen) atoms. The first-order valence-electron chi connectivity index (χ1n) is 8.00. The van der Waals surface area contributed by atoms with Crippen LogP contribution in [-0.4, -0.2) is 34.0 Å². The van der Waals surface area contributed by atoms with Crippen molar-refractivity contribution in [2.45, 2.75) is 51.1 Å². The number of hydrogen-bond donors (Lipinski definition) is 1. The van der Waals surface area contributed by atoms with Crippen molar-refractivity contribution < 1.29 is 4.79 Å². The predicted molar refractivity (Wildman–Crippen MR) is 80.5 cm³/mol. The fourth-order valence-electron chi connectivity index (χ4n) is 3.46. The monoisotopic (exact) mass is 288 g/mol. The topological polar surface area (TPSA) is 58.1 Å². The summed E-state index contributed by atoms with van der Waals surface area (Å²) in [6, 6.07) is 0.397. The zero-order valence-electron chi connectivity index (χ0n) is 12.7. The molecule has 0 spiro atoms. The Hall–Kier alpha value is -1.65. The second-order valence-electron chi connectivity index (χ2n) is 6.41. The van der Waals surface area contributed by atoms with Crippen LogP contribution in [-0.2, 0) is 6.54 Å². The summed E-state index contributed by atoms with van der Waals surface area (Å²) >= 11 is 0. The maximum absolute atomic E-state index is 12.2. The molecule has 2 amide bonds. The molecule has 1 aromatic heterocycles. The van der Waals surface area contributed by atoms with Gasteiger partial charge < -0.3 is 10.2 Å². The lowest BCUT2D eigenvalue weighted by atomic mass is 9.85. The molecule has 0 radical (unpaired) electrons. The van der Waals surface area contributed by atoms with E-state index in [9.17, 15) is 4.79 Å². The number of carbonyl (C=O) groups is 1. The van der Waals surface area contributed by atoms with E-state index in [-0.39, 0.29) is 6.03 Å². The fourth-order valence-corrected chi connectivity index (χ4v) is 3.46. The summed E-state index contributed by atoms with van der Waals surface area (Å²) in [5, 5.41) is 3.16. The summed E-state index contributed by atoms with van der Waals surface area (Å²) in [4.78, 5) is 22.1. The molecule has 0 bridgehead atoms. The van der Waals surface area contributed by atoms with Crippen molar-refractivity contribution in [3.05, 3.63) is 24.3 Å². The molecule has 5 nitrogen and oxygen atoms in total. The van der Waals surface area contributed by atoms with Gasteiger partial charge in [0, 0.05) is 25.5 Å². The maximum Gasteiger partial charge on any atom is 0.317 e. The summed E-state index contributed by atoms with van der Waals surface area (Å²) in [5.41, 5.74) is 0.815. The molecule has 2 aliphatic rings. The van der Waals surface area contributed by atoms with Gasteiger partial charge in [-0.05, 0) is 18.3 Å². The number of aromatic nitrogens is 2. The standard InChI is InChI=1S/C16H24N4O/c1-20(11-13-10-17-7-8-18-13)16(21)19-15-9-14(15)12-5-3-2-4-6-12/h7-8,10,12,14-15H,2-6,9,11H2,1H3,(H,19,21)/t14-,15+/m0/s1. The first-order chi connectivity index (χ1) is 10.2. The zero-order chi connectivity index (χ0) is 14.7. The SMILES string of the molecule is CN(Cc1cnccn1)C(=O)N[C@@H]1C[C@H]1C1CCCCC1. The number of rotatable bonds is 4. The summed E-state index contributed by atoms with van der Waals surface area (Å²) in [6.07, 6.45) is 13.0. The number of hydrogen-bond acceptors (Lipinski definition) is 3. The van der Waals surface area contributed by atoms with Crippen LogP contribution in [0, 0.1) is 11.8 Å². The average Bonchev–Trinajstić information content (AvgIpc) is 3.28. The van der Waals surface area contributed by atoms with Crippen LogP contribution in [0.4, 0.5) is 4.79 Å². The molecule has 2 saturated carbocycles. The smallest absolute Gasteiger partial charge is 0.317 e. The van der Waals surface area contributed by atoms with Gasteiger partial charge in [0.05, 0.1) is 18.4 Å². The lowest BCUT2D eigenvalue weighted by molar-refractivity contribution is 0.204. The summed E-state index contributed by atoms with van der Waals surface area (Å²) in [5.74, 6) is 1.56. The van der Waals surface area contributed by atoms with E-state index in [2.05, 4.69) is 15.3 Å². The lowest BCUT2D eigenvalue weighted by Crippen LogP contribution is -2.39. The highest BCUT2D eigenvalue weighted by Gasteiger charge is 2.44. The molecule has 2 aliphatic carbocycles. The van der Waals surface area contributed by atoms with Crippen molar-refractivity contribution in [3.8, 4) is 0 Å². The second-order valence-corrected chi connectivity index (χ2v) is 6.41. The quantitative estimate of drug-likeness (QED) is 0.926. The van der Waals surface area contributed by atoms with E-state index in [1.165, 1.54) is 32.1 Å². The van der Waals surface area contributed by atoms with Crippen LogP contribution in [0.1, 0.15) is 44.2 Å². The number of nitrogens with one attached hydrogen (secondary N) is 1. The van der Waals surface area contributed by atoms with Crippen LogP contribution in [0.15, 0.2) is 18.6 Å². The van der Waals surface area contributed by atoms with Crippen molar-refractivity contribution in [1.29, 1.82) is 0 Å². The molecular weight excluding hydrogens is 264 g/mol. The van der Waals surface area contributed by atoms with Gasteiger partial charge in [0.2, 0.25) is 0 Å². The molecule has 1 heterocycles. The Balaban J connectivity index is 1.44. The molecule has 0 aromatic carbocycles. The van der Waals surface area contributed by atoms with Crippen molar-refractivity contribution in [2.24, 2.45) is 11.8 Å². The van der Waals surface area contributed by atoms with Crippen LogP contribution in [0.3, 0.4) is 0 Å². The molecule has 0 saturated heterocycles. The molecule has 1 N–H and O–H groups in total. The largest absolute Gasteiger partial charge is 0.335 e. The molecule has 114 valence electrons. The van der Waals surface area contributed by atoms with Crippen LogP contribution in [0.25, 0.3) is 0 Å². The fraction of sp³-hybridized carbons (Fsp3) is 0.688. The van der Waals surface area contributed by atoms with Crippen molar-refractivity contribution >= 4 is 6.03 Å². The maximum atomic E-state index is 12.2. The minimum absolute atomic E-state index is 0.00367. The Morgan fingerprint density at radius 2 is 2.14 bits per heavy atom. The molecule has 0 unspecified atom stereocenters. The number of urea groups is 1. The van der Waals surface area contributed by atoms with Crippen LogP contribution >= 0.6 is 0 Å². The molecule has 3 rings (SSSR count). The van der Waals surface area contributed by atoms with Gasteiger partial charge in [0.1, 0.15) is 0 Å². The Labute approximate surface area is 126 Å². The van der Waals surface area contributed by atoms with Gasteiger partial charge in [-0.25, -0.2) is 4.79 Å². The second kappa shape index (κ2) is 6.41. The Morgan fingerprint density at radius 3 is 2.86 bits per heavy atom. The molecule has 0 aliphatic heterocycles. The Bertz CT molecular complexity index is 472. The predicted octanol–water partition coefficient (Wildman–Crippen LogP) is 2.59. The third-order valence-electron chi connectivity index (χ3n) is 4.77. The minimum atomic E-state index is 0.00367.